The Morgan fingerprint density at radius 3 is 2.36 bits per heavy atom. The van der Waals surface area contributed by atoms with Gasteiger partial charge in [-0.1, -0.05) is 92.7 Å². The van der Waals surface area contributed by atoms with Gasteiger partial charge in [0.1, 0.15) is 6.04 Å². The highest BCUT2D eigenvalue weighted by molar-refractivity contribution is 7.89. The Hall–Kier alpha value is -5.30. The smallest absolute Gasteiger partial charge is 0.353 e. The van der Waals surface area contributed by atoms with E-state index >= 15 is 0 Å². The highest BCUT2D eigenvalue weighted by Crippen LogP contribution is 2.45. The van der Waals surface area contributed by atoms with Gasteiger partial charge in [0.25, 0.3) is 0 Å². The van der Waals surface area contributed by atoms with Gasteiger partial charge in [-0.15, -0.1) is 0 Å². The number of benzene rings is 6. The molecule has 8 rings (SSSR count). The number of nitrogens with zero attached hydrogens (tertiary/aromatic N) is 1. The number of halogens is 3. The van der Waals surface area contributed by atoms with E-state index < -0.39 is 50.9 Å². The Morgan fingerprint density at radius 2 is 1.59 bits per heavy atom. The summed E-state index contributed by atoms with van der Waals surface area (Å²) in [6.07, 6.45) is -2.66. The molecule has 0 bridgehead atoms. The van der Waals surface area contributed by atoms with Crippen molar-refractivity contribution in [3.63, 3.8) is 0 Å². The van der Waals surface area contributed by atoms with Crippen molar-refractivity contribution in [3.8, 4) is 0 Å². The summed E-state index contributed by atoms with van der Waals surface area (Å²) >= 11 is 0. The molecule has 0 spiro atoms. The third-order valence-electron chi connectivity index (χ3n) is 11.8. The lowest BCUT2D eigenvalue weighted by atomic mass is 9.75. The molecule has 1 heterocycles. The summed E-state index contributed by atoms with van der Waals surface area (Å²) in [7, 11) is -4.61. The van der Waals surface area contributed by atoms with Crippen molar-refractivity contribution >= 4 is 59.8 Å². The normalized spacial score (nSPS) is 17.7. The predicted molar refractivity (Wildman–Crippen MR) is 227 cm³/mol. The Labute approximate surface area is 342 Å². The Bertz CT molecular complexity index is 2730. The van der Waals surface area contributed by atoms with Gasteiger partial charge < -0.3 is 16.0 Å². The first-order valence-corrected chi connectivity index (χ1v) is 21.6. The van der Waals surface area contributed by atoms with E-state index in [-0.39, 0.29) is 24.6 Å². The highest BCUT2D eigenvalue weighted by atomic mass is 32.2. The molecular weight excluding hydrogens is 774 g/mol. The monoisotopic (exact) mass is 820 g/mol. The van der Waals surface area contributed by atoms with E-state index in [0.717, 1.165) is 65.1 Å². The largest absolute Gasteiger partial charge is 0.416 e. The van der Waals surface area contributed by atoms with E-state index in [9.17, 15) is 31.2 Å². The van der Waals surface area contributed by atoms with Gasteiger partial charge in [-0.05, 0) is 112 Å². The summed E-state index contributed by atoms with van der Waals surface area (Å²) in [5.74, 6) is -0.844. The number of piperazine rings is 1. The fraction of sp³-hybridized carbons (Fsp3) is 0.319. The number of carbonyl (C=O) groups is 2. The molecular formula is C47H47F3N4O4S. The SMILES string of the molecule is Cc1ccc(S(=O)(=O)N2CCNC(=O)[C@@H]2CC(=O)Nc2c([C@@H]3CCCc4c3ccc3c4cc(CNCC(C)C)c4ccccc43)ccc3ccccc23)cc1C(F)(F)F. The fourth-order valence-electron chi connectivity index (χ4n) is 9.00. The van der Waals surface area contributed by atoms with Crippen molar-refractivity contribution in [2.75, 3.05) is 25.0 Å². The van der Waals surface area contributed by atoms with Crippen LogP contribution in [-0.2, 0) is 38.8 Å². The molecule has 0 unspecified atom stereocenters. The van der Waals surface area contributed by atoms with Crippen LogP contribution in [-0.4, -0.2) is 50.2 Å². The summed E-state index contributed by atoms with van der Waals surface area (Å²) in [4.78, 5) is 26.9. The second-order valence-corrected chi connectivity index (χ2v) is 18.1. The Balaban J connectivity index is 1.15. The molecule has 2 aliphatic rings. The number of hydrogen-bond donors (Lipinski definition) is 3. The predicted octanol–water partition coefficient (Wildman–Crippen LogP) is 9.21. The lowest BCUT2D eigenvalue weighted by Gasteiger charge is -2.34. The van der Waals surface area contributed by atoms with E-state index in [4.69, 9.17) is 0 Å². The minimum Gasteiger partial charge on any atom is -0.353 e. The zero-order valence-corrected chi connectivity index (χ0v) is 34.1. The van der Waals surface area contributed by atoms with Gasteiger partial charge in [0.15, 0.2) is 0 Å². The van der Waals surface area contributed by atoms with Crippen LogP contribution in [0.5, 0.6) is 0 Å². The molecule has 6 aromatic rings. The van der Waals surface area contributed by atoms with Gasteiger partial charge in [-0.2, -0.15) is 17.5 Å². The highest BCUT2D eigenvalue weighted by Gasteiger charge is 2.41. The minimum atomic E-state index is -4.78. The molecule has 12 heteroatoms. The molecule has 2 amide bonds. The molecule has 8 nitrogen and oxygen atoms in total. The fourth-order valence-corrected chi connectivity index (χ4v) is 10.6. The van der Waals surface area contributed by atoms with Crippen LogP contribution in [0.4, 0.5) is 18.9 Å². The first-order chi connectivity index (χ1) is 28.2. The molecule has 3 N–H and O–H groups in total. The standard InChI is InChI=1S/C47H47F3N4O4S/c1-28(2)26-51-27-31-23-41-37-14-8-13-36(38(37)19-20-39(41)35-12-7-6-10-33(31)35)40-18-16-30-9-4-5-11-34(30)45(40)53-44(55)25-43-46(56)52-21-22-54(43)59(57,58)32-17-15-29(3)42(24-32)47(48,49)50/h4-7,9-12,15-20,23-24,28,36,43,51H,8,13-14,21-22,25-27H2,1-3H3,(H,52,56)(H,53,55)/t36-,43+/m1/s1. The van der Waals surface area contributed by atoms with Crippen molar-refractivity contribution in [1.29, 1.82) is 0 Å². The van der Waals surface area contributed by atoms with E-state index in [1.165, 1.54) is 45.2 Å². The molecule has 1 aliphatic heterocycles. The molecule has 306 valence electrons. The van der Waals surface area contributed by atoms with E-state index in [1.807, 2.05) is 36.4 Å². The molecule has 1 fully saturated rings. The van der Waals surface area contributed by atoms with Crippen LogP contribution < -0.4 is 16.0 Å². The minimum absolute atomic E-state index is 0.0524. The zero-order valence-electron chi connectivity index (χ0n) is 33.2. The molecule has 6 aromatic carbocycles. The second kappa shape index (κ2) is 16.0. The molecule has 0 saturated carbocycles. The number of hydrogen-bond acceptors (Lipinski definition) is 5. The van der Waals surface area contributed by atoms with Crippen molar-refractivity contribution in [2.24, 2.45) is 5.92 Å². The Morgan fingerprint density at radius 1 is 0.881 bits per heavy atom. The Kier molecular flexibility index (Phi) is 11.0. The lowest BCUT2D eigenvalue weighted by Crippen LogP contribution is -2.57. The van der Waals surface area contributed by atoms with Crippen molar-refractivity contribution < 1.29 is 31.2 Å². The van der Waals surface area contributed by atoms with Crippen molar-refractivity contribution in [1.82, 2.24) is 14.9 Å². The van der Waals surface area contributed by atoms with E-state index in [2.05, 4.69) is 72.3 Å². The molecule has 2 atom stereocenters. The van der Waals surface area contributed by atoms with Crippen LogP contribution in [0, 0.1) is 12.8 Å². The van der Waals surface area contributed by atoms with Gasteiger partial charge in [0, 0.05) is 30.9 Å². The zero-order chi connectivity index (χ0) is 41.6. The summed E-state index contributed by atoms with van der Waals surface area (Å²) in [5.41, 5.74) is 4.00. The summed E-state index contributed by atoms with van der Waals surface area (Å²) < 4.78 is 70.2. The maximum absolute atomic E-state index is 14.2. The van der Waals surface area contributed by atoms with Gasteiger partial charge >= 0.3 is 6.18 Å². The first-order valence-electron chi connectivity index (χ1n) is 20.2. The van der Waals surface area contributed by atoms with Crippen LogP contribution in [0.25, 0.3) is 32.3 Å². The maximum Gasteiger partial charge on any atom is 0.416 e. The van der Waals surface area contributed by atoms with Gasteiger partial charge in [0.05, 0.1) is 22.6 Å². The van der Waals surface area contributed by atoms with Crippen LogP contribution in [0.2, 0.25) is 0 Å². The second-order valence-electron chi connectivity index (χ2n) is 16.2. The molecule has 1 aliphatic carbocycles. The van der Waals surface area contributed by atoms with Crippen LogP contribution in [0.3, 0.4) is 0 Å². The van der Waals surface area contributed by atoms with Crippen molar-refractivity contribution in [2.45, 2.75) is 76.0 Å². The number of carbonyl (C=O) groups excluding carboxylic acids is 2. The van der Waals surface area contributed by atoms with Crippen molar-refractivity contribution in [3.05, 3.63) is 130 Å². The number of aryl methyl sites for hydroxylation is 2. The number of amides is 2. The number of rotatable bonds is 10. The lowest BCUT2D eigenvalue weighted by molar-refractivity contribution is -0.138. The van der Waals surface area contributed by atoms with E-state index in [0.29, 0.717) is 17.7 Å². The number of nitrogens with one attached hydrogen (secondary N) is 3. The number of alkyl halides is 3. The van der Waals surface area contributed by atoms with Gasteiger partial charge in [-0.3, -0.25) is 9.59 Å². The topological polar surface area (TPSA) is 108 Å². The molecule has 1 saturated heterocycles. The molecule has 0 aromatic heterocycles. The summed E-state index contributed by atoms with van der Waals surface area (Å²) in [5, 5.41) is 15.9. The quantitative estimate of drug-likeness (QED) is 0.120. The molecule has 0 radical (unpaired) electrons. The van der Waals surface area contributed by atoms with Gasteiger partial charge in [0.2, 0.25) is 21.8 Å². The third-order valence-corrected chi connectivity index (χ3v) is 13.7. The number of sulfonamides is 1. The first kappa shape index (κ1) is 40.5. The van der Waals surface area contributed by atoms with Crippen LogP contribution in [0.15, 0.2) is 102 Å². The van der Waals surface area contributed by atoms with Gasteiger partial charge in [-0.25, -0.2) is 8.42 Å². The van der Waals surface area contributed by atoms with E-state index in [1.54, 1.807) is 0 Å². The summed E-state index contributed by atoms with van der Waals surface area (Å²) in [6.45, 7) is 7.04. The van der Waals surface area contributed by atoms with Crippen LogP contribution in [0.1, 0.15) is 72.4 Å². The average molecular weight is 821 g/mol. The number of fused-ring (bicyclic) bond motifs is 6. The third kappa shape index (κ3) is 7.81. The maximum atomic E-state index is 14.2. The average Bonchev–Trinajstić information content (AvgIpc) is 3.21. The summed E-state index contributed by atoms with van der Waals surface area (Å²) in [6, 6.07) is 28.4. The molecule has 59 heavy (non-hydrogen) atoms. The number of anilines is 1. The van der Waals surface area contributed by atoms with Crippen LogP contribution >= 0.6 is 0 Å².